The molecular formula is C11H8F12O4. The Bertz CT molecular complexity index is 538. The molecule has 160 valence electrons. The fourth-order valence-corrected chi connectivity index (χ4v) is 0.930. The molecule has 0 radical (unpaired) electrons. The van der Waals surface area contributed by atoms with Gasteiger partial charge in [-0.15, -0.1) is 13.2 Å². The van der Waals surface area contributed by atoms with Gasteiger partial charge in [0.1, 0.15) is 0 Å². The summed E-state index contributed by atoms with van der Waals surface area (Å²) in [6.45, 7) is 4.47. The molecule has 4 nitrogen and oxygen atoms in total. The van der Waals surface area contributed by atoms with Gasteiger partial charge in [-0.1, -0.05) is 6.58 Å². The van der Waals surface area contributed by atoms with E-state index in [0.717, 1.165) is 0 Å². The Morgan fingerprint density at radius 2 is 1.30 bits per heavy atom. The Kier molecular flexibility index (Phi) is 8.74. The monoisotopic (exact) mass is 432 g/mol. The van der Waals surface area contributed by atoms with Crippen LogP contribution >= 0.6 is 0 Å². The van der Waals surface area contributed by atoms with Gasteiger partial charge >= 0.3 is 36.4 Å². The van der Waals surface area contributed by atoms with Crippen molar-refractivity contribution in [2.24, 2.45) is 0 Å². The van der Waals surface area contributed by atoms with E-state index in [1.807, 2.05) is 11.3 Å². The lowest BCUT2D eigenvalue weighted by atomic mass is 10.1. The predicted molar refractivity (Wildman–Crippen MR) is 60.5 cm³/mol. The summed E-state index contributed by atoms with van der Waals surface area (Å²) in [6.07, 6.45) is -16.9. The molecule has 0 N–H and O–H groups in total. The third-order valence-electron chi connectivity index (χ3n) is 1.95. The van der Waals surface area contributed by atoms with Crippen molar-refractivity contribution in [3.63, 3.8) is 0 Å². The van der Waals surface area contributed by atoms with Gasteiger partial charge in [-0.25, -0.2) is 9.53 Å². The number of alkyl halides is 11. The SMILES string of the molecule is C=C(F)OC(F)(F)C(F)(OC(F)(F)F)C(F)(F)C(=O)OC.C=CC(F)(F)F. The van der Waals surface area contributed by atoms with Crippen molar-refractivity contribution >= 4 is 5.97 Å². The molecule has 0 aliphatic carbocycles. The second kappa shape index (κ2) is 8.71. The largest absolute Gasteiger partial charge is 0.525 e. The van der Waals surface area contributed by atoms with E-state index in [1.54, 1.807) is 0 Å². The van der Waals surface area contributed by atoms with Crippen LogP contribution in [0.15, 0.2) is 25.2 Å². The second-order valence-corrected chi connectivity index (χ2v) is 3.93. The lowest BCUT2D eigenvalue weighted by Crippen LogP contribution is -2.64. The average molecular weight is 432 g/mol. The number of halogens is 12. The van der Waals surface area contributed by atoms with Crippen molar-refractivity contribution in [2.45, 2.75) is 30.4 Å². The summed E-state index contributed by atoms with van der Waals surface area (Å²) in [5.41, 5.74) is 0. The summed E-state index contributed by atoms with van der Waals surface area (Å²) >= 11 is 0. The third-order valence-corrected chi connectivity index (χ3v) is 1.95. The molecule has 1 unspecified atom stereocenters. The average Bonchev–Trinajstić information content (AvgIpc) is 2.42. The molecule has 27 heavy (non-hydrogen) atoms. The number of hydrogen-bond acceptors (Lipinski definition) is 4. The van der Waals surface area contributed by atoms with Gasteiger partial charge in [-0.2, -0.15) is 39.5 Å². The number of carbonyl (C=O) groups excluding carboxylic acids is 1. The Labute approximate surface area is 142 Å². The van der Waals surface area contributed by atoms with Gasteiger partial charge in [-0.3, -0.25) is 0 Å². The second-order valence-electron chi connectivity index (χ2n) is 3.93. The molecule has 0 bridgehead atoms. The van der Waals surface area contributed by atoms with Crippen LogP contribution in [0.5, 0.6) is 0 Å². The molecule has 0 spiro atoms. The molecule has 0 saturated carbocycles. The minimum atomic E-state index is -6.46. The zero-order chi connectivity index (χ0) is 22.5. The van der Waals surface area contributed by atoms with Gasteiger partial charge in [0.05, 0.1) is 7.11 Å². The van der Waals surface area contributed by atoms with E-state index in [-0.39, 0.29) is 13.2 Å². The topological polar surface area (TPSA) is 44.8 Å². The summed E-state index contributed by atoms with van der Waals surface area (Å²) in [4.78, 5) is 10.5. The Balaban J connectivity index is 0. The molecule has 0 aromatic rings. The van der Waals surface area contributed by atoms with E-state index in [0.29, 0.717) is 0 Å². The van der Waals surface area contributed by atoms with Crippen molar-refractivity contribution in [3.8, 4) is 0 Å². The molecule has 0 aliphatic rings. The van der Waals surface area contributed by atoms with Crippen molar-refractivity contribution < 1.29 is 71.7 Å². The molecule has 0 fully saturated rings. The Morgan fingerprint density at radius 1 is 0.926 bits per heavy atom. The number of allylic oxidation sites excluding steroid dienone is 1. The molecule has 1 atom stereocenters. The molecule has 0 aromatic carbocycles. The quantitative estimate of drug-likeness (QED) is 0.262. The van der Waals surface area contributed by atoms with Crippen LogP contribution in [-0.2, 0) is 19.0 Å². The number of hydrogen-bond donors (Lipinski definition) is 0. The maximum absolute atomic E-state index is 13.6. The van der Waals surface area contributed by atoms with Crippen LogP contribution in [0.1, 0.15) is 0 Å². The van der Waals surface area contributed by atoms with Gasteiger partial charge in [0, 0.05) is 6.08 Å². The van der Waals surface area contributed by atoms with Crippen LogP contribution in [0, 0.1) is 0 Å². The fourth-order valence-electron chi connectivity index (χ4n) is 0.930. The zero-order valence-corrected chi connectivity index (χ0v) is 12.7. The first kappa shape index (κ1) is 27.1. The third kappa shape index (κ3) is 7.96. The van der Waals surface area contributed by atoms with Gasteiger partial charge in [0.25, 0.3) is 6.01 Å². The van der Waals surface area contributed by atoms with E-state index in [1.165, 1.54) is 0 Å². The van der Waals surface area contributed by atoms with Gasteiger partial charge < -0.3 is 9.47 Å². The minimum absolute atomic E-state index is 0.0625. The number of rotatable bonds is 6. The first-order valence-corrected chi connectivity index (χ1v) is 5.70. The highest BCUT2D eigenvalue weighted by Gasteiger charge is 2.81. The lowest BCUT2D eigenvalue weighted by molar-refractivity contribution is -0.495. The smallest absolute Gasteiger partial charge is 0.464 e. The predicted octanol–water partition coefficient (Wildman–Crippen LogP) is 4.78. The van der Waals surface area contributed by atoms with Crippen LogP contribution in [0.3, 0.4) is 0 Å². The number of methoxy groups -OCH3 is 1. The first-order chi connectivity index (χ1) is 11.7. The van der Waals surface area contributed by atoms with Crippen LogP contribution in [0.2, 0.25) is 0 Å². The molecular weight excluding hydrogens is 424 g/mol. The number of esters is 1. The summed E-state index contributed by atoms with van der Waals surface area (Å²) in [5, 5.41) is 0. The standard InChI is InChI=1S/C8H5F9O4.C3H3F3/c1-3(9)20-7(13,14)6(12,21-8(15,16)17)5(10,11)4(18)19-2;1-2-3(4,5)6/h1H2,2H3;2H,1H2. The van der Waals surface area contributed by atoms with Crippen molar-refractivity contribution in [1.29, 1.82) is 0 Å². The first-order valence-electron chi connectivity index (χ1n) is 5.70. The summed E-state index contributed by atoms with van der Waals surface area (Å²) < 4.78 is 153. The van der Waals surface area contributed by atoms with Crippen LogP contribution in [-0.4, -0.2) is 43.5 Å². The zero-order valence-electron chi connectivity index (χ0n) is 12.7. The maximum atomic E-state index is 13.6. The highest BCUT2D eigenvalue weighted by molar-refractivity contribution is 5.79. The van der Waals surface area contributed by atoms with Gasteiger partial charge in [-0.05, 0) is 6.58 Å². The molecule has 0 aliphatic heterocycles. The van der Waals surface area contributed by atoms with E-state index in [4.69, 9.17) is 0 Å². The van der Waals surface area contributed by atoms with E-state index in [2.05, 4.69) is 16.1 Å². The summed E-state index contributed by atoms with van der Waals surface area (Å²) in [5.74, 6) is -15.8. The van der Waals surface area contributed by atoms with Crippen LogP contribution in [0.4, 0.5) is 52.7 Å². The van der Waals surface area contributed by atoms with Crippen molar-refractivity contribution in [2.75, 3.05) is 7.11 Å². The minimum Gasteiger partial charge on any atom is -0.464 e. The maximum Gasteiger partial charge on any atom is 0.525 e. The highest BCUT2D eigenvalue weighted by atomic mass is 19.4. The molecule has 16 heteroatoms. The summed E-state index contributed by atoms with van der Waals surface area (Å²) in [6, 6.07) is -2.62. The number of carbonyl (C=O) groups is 1. The molecule has 0 rings (SSSR count). The van der Waals surface area contributed by atoms with Gasteiger partial charge in [0.2, 0.25) is 0 Å². The Hall–Kier alpha value is -2.13. The Morgan fingerprint density at radius 3 is 1.52 bits per heavy atom. The van der Waals surface area contributed by atoms with Crippen molar-refractivity contribution in [3.05, 3.63) is 25.2 Å². The molecule has 0 aromatic heterocycles. The van der Waals surface area contributed by atoms with Crippen molar-refractivity contribution in [1.82, 2.24) is 0 Å². The molecule has 0 heterocycles. The normalized spacial score (nSPS) is 15.0. The fraction of sp³-hybridized carbons (Fsp3) is 0.545. The van der Waals surface area contributed by atoms with E-state index in [9.17, 15) is 57.5 Å². The van der Waals surface area contributed by atoms with E-state index >= 15 is 0 Å². The lowest BCUT2D eigenvalue weighted by Gasteiger charge is -2.35. The molecule has 0 saturated heterocycles. The highest BCUT2D eigenvalue weighted by Crippen LogP contribution is 2.50. The number of ether oxygens (including phenoxy) is 3. The van der Waals surface area contributed by atoms with Gasteiger partial charge in [0.15, 0.2) is 0 Å². The van der Waals surface area contributed by atoms with Crippen LogP contribution in [0.25, 0.3) is 0 Å². The summed E-state index contributed by atoms with van der Waals surface area (Å²) in [7, 11) is 0.136. The van der Waals surface area contributed by atoms with E-state index < -0.39 is 42.4 Å². The molecule has 0 amide bonds. The van der Waals surface area contributed by atoms with Crippen LogP contribution < -0.4 is 0 Å².